The number of aromatic nitrogens is 2. The average molecular weight is 234 g/mol. The Morgan fingerprint density at radius 1 is 0.833 bits per heavy atom. The van der Waals surface area contributed by atoms with Gasteiger partial charge < -0.3 is 0 Å². The Labute approximate surface area is 106 Å². The Kier molecular flexibility index (Phi) is 2.56. The molecule has 0 aliphatic heterocycles. The fourth-order valence-electron chi connectivity index (χ4n) is 2.10. The van der Waals surface area contributed by atoms with Gasteiger partial charge in [0.1, 0.15) is 0 Å². The van der Waals surface area contributed by atoms with Crippen molar-refractivity contribution in [3.8, 4) is 11.1 Å². The van der Waals surface area contributed by atoms with Gasteiger partial charge in [-0.05, 0) is 60.9 Å². The molecule has 0 atom stereocenters. The smallest absolute Gasteiger partial charge is 0.0705 e. The molecule has 0 radical (unpaired) electrons. The molecule has 3 aromatic rings. The monoisotopic (exact) mass is 234 g/mol. The van der Waals surface area contributed by atoms with E-state index in [0.717, 1.165) is 11.2 Å². The Bertz CT molecular complexity index is 703. The lowest BCUT2D eigenvalue weighted by Crippen LogP contribution is -1.88. The van der Waals surface area contributed by atoms with Crippen molar-refractivity contribution in [2.45, 2.75) is 13.8 Å². The zero-order valence-electron chi connectivity index (χ0n) is 10.5. The predicted molar refractivity (Wildman–Crippen MR) is 74.4 cm³/mol. The van der Waals surface area contributed by atoms with E-state index in [1.165, 1.54) is 22.1 Å². The molecule has 1 aromatic carbocycles. The van der Waals surface area contributed by atoms with E-state index in [1.54, 1.807) is 0 Å². The minimum absolute atomic E-state index is 1.05. The molecule has 2 heterocycles. The van der Waals surface area contributed by atoms with Gasteiger partial charge in [0.15, 0.2) is 0 Å². The molecule has 2 aromatic heterocycles. The quantitative estimate of drug-likeness (QED) is 0.638. The summed E-state index contributed by atoms with van der Waals surface area (Å²) < 4.78 is 0. The molecule has 0 unspecified atom stereocenters. The van der Waals surface area contributed by atoms with Crippen LogP contribution in [0.25, 0.3) is 22.0 Å². The van der Waals surface area contributed by atoms with Crippen LogP contribution in [0.1, 0.15) is 11.3 Å². The Morgan fingerprint density at radius 2 is 1.61 bits per heavy atom. The van der Waals surface area contributed by atoms with Crippen LogP contribution in [-0.4, -0.2) is 9.97 Å². The fourth-order valence-corrected chi connectivity index (χ4v) is 2.10. The van der Waals surface area contributed by atoms with E-state index in [2.05, 4.69) is 41.2 Å². The van der Waals surface area contributed by atoms with Gasteiger partial charge in [-0.1, -0.05) is 6.07 Å². The fraction of sp³-hybridized carbons (Fsp3) is 0.125. The lowest BCUT2D eigenvalue weighted by atomic mass is 10.0. The molecule has 3 rings (SSSR count). The molecule has 0 spiro atoms. The second kappa shape index (κ2) is 4.22. The Hall–Kier alpha value is -2.22. The summed E-state index contributed by atoms with van der Waals surface area (Å²) in [4.78, 5) is 8.64. The van der Waals surface area contributed by atoms with Crippen molar-refractivity contribution in [1.29, 1.82) is 0 Å². The molecule has 88 valence electrons. The van der Waals surface area contributed by atoms with E-state index in [1.807, 2.05) is 31.5 Å². The highest BCUT2D eigenvalue weighted by atomic mass is 14.7. The summed E-state index contributed by atoms with van der Waals surface area (Å²) in [6, 6.07) is 12.6. The number of nitrogens with zero attached hydrogens (tertiary/aromatic N) is 2. The van der Waals surface area contributed by atoms with Gasteiger partial charge in [0, 0.05) is 23.5 Å². The molecule has 0 amide bonds. The molecule has 2 heteroatoms. The maximum atomic E-state index is 4.60. The number of hydrogen-bond donors (Lipinski definition) is 0. The second-order valence-corrected chi connectivity index (χ2v) is 4.53. The van der Waals surface area contributed by atoms with E-state index in [-0.39, 0.29) is 0 Å². The summed E-state index contributed by atoms with van der Waals surface area (Å²) in [5.41, 5.74) is 5.77. The highest BCUT2D eigenvalue weighted by Gasteiger charge is 2.02. The predicted octanol–water partition coefficient (Wildman–Crippen LogP) is 3.91. The van der Waals surface area contributed by atoms with E-state index >= 15 is 0 Å². The number of benzene rings is 1. The Balaban J connectivity index is 2.20. The van der Waals surface area contributed by atoms with Crippen LogP contribution in [0.4, 0.5) is 0 Å². The highest BCUT2D eigenvalue weighted by molar-refractivity contribution is 5.85. The maximum Gasteiger partial charge on any atom is 0.0705 e. The largest absolute Gasteiger partial charge is 0.265 e. The van der Waals surface area contributed by atoms with Gasteiger partial charge in [-0.15, -0.1) is 0 Å². The van der Waals surface area contributed by atoms with Gasteiger partial charge in [-0.3, -0.25) is 9.97 Å². The van der Waals surface area contributed by atoms with Crippen molar-refractivity contribution >= 4 is 10.9 Å². The van der Waals surface area contributed by atoms with Gasteiger partial charge in [-0.2, -0.15) is 0 Å². The van der Waals surface area contributed by atoms with Crippen molar-refractivity contribution < 1.29 is 0 Å². The van der Waals surface area contributed by atoms with Crippen LogP contribution in [0.5, 0.6) is 0 Å². The number of aryl methyl sites for hydroxylation is 2. The van der Waals surface area contributed by atoms with Crippen molar-refractivity contribution in [3.63, 3.8) is 0 Å². The molecule has 18 heavy (non-hydrogen) atoms. The van der Waals surface area contributed by atoms with Gasteiger partial charge in [0.25, 0.3) is 0 Å². The molecule has 0 N–H and O–H groups in total. The molecule has 0 saturated carbocycles. The summed E-state index contributed by atoms with van der Waals surface area (Å²) in [5, 5.41) is 1.19. The van der Waals surface area contributed by atoms with Crippen LogP contribution in [0, 0.1) is 13.8 Å². The van der Waals surface area contributed by atoms with E-state index in [4.69, 9.17) is 0 Å². The normalized spacial score (nSPS) is 10.8. The van der Waals surface area contributed by atoms with Gasteiger partial charge in [0.05, 0.1) is 5.52 Å². The van der Waals surface area contributed by atoms with Crippen molar-refractivity contribution in [2.75, 3.05) is 0 Å². The van der Waals surface area contributed by atoms with Crippen LogP contribution in [-0.2, 0) is 0 Å². The van der Waals surface area contributed by atoms with E-state index in [9.17, 15) is 0 Å². The summed E-state index contributed by atoms with van der Waals surface area (Å²) in [7, 11) is 0. The molecule has 2 nitrogen and oxygen atoms in total. The Morgan fingerprint density at radius 3 is 2.39 bits per heavy atom. The third-order valence-electron chi connectivity index (χ3n) is 3.27. The first-order chi connectivity index (χ1) is 8.74. The molecule has 0 fully saturated rings. The first kappa shape index (κ1) is 10.9. The van der Waals surface area contributed by atoms with Crippen LogP contribution in [0.15, 0.2) is 48.8 Å². The van der Waals surface area contributed by atoms with Gasteiger partial charge in [0.2, 0.25) is 0 Å². The lowest BCUT2D eigenvalue weighted by Gasteiger charge is -2.06. The van der Waals surface area contributed by atoms with Gasteiger partial charge >= 0.3 is 0 Å². The minimum Gasteiger partial charge on any atom is -0.265 e. The number of rotatable bonds is 1. The third kappa shape index (κ3) is 1.86. The minimum atomic E-state index is 1.05. The number of fused-ring (bicyclic) bond motifs is 1. The number of pyridine rings is 2. The molecule has 0 aliphatic rings. The van der Waals surface area contributed by atoms with Crippen molar-refractivity contribution in [3.05, 3.63) is 60.0 Å². The first-order valence-corrected chi connectivity index (χ1v) is 6.02. The molecule has 0 saturated heterocycles. The first-order valence-electron chi connectivity index (χ1n) is 6.02. The molecular formula is C16H14N2. The van der Waals surface area contributed by atoms with Crippen LogP contribution < -0.4 is 0 Å². The van der Waals surface area contributed by atoms with E-state index < -0.39 is 0 Å². The zero-order chi connectivity index (χ0) is 12.5. The van der Waals surface area contributed by atoms with Crippen molar-refractivity contribution in [2.24, 2.45) is 0 Å². The van der Waals surface area contributed by atoms with Crippen LogP contribution in [0.2, 0.25) is 0 Å². The zero-order valence-corrected chi connectivity index (χ0v) is 10.5. The third-order valence-corrected chi connectivity index (χ3v) is 3.27. The second-order valence-electron chi connectivity index (χ2n) is 4.53. The molecule has 0 bridgehead atoms. The van der Waals surface area contributed by atoms with Gasteiger partial charge in [-0.25, -0.2) is 0 Å². The average Bonchev–Trinajstić information content (AvgIpc) is 2.41. The summed E-state index contributed by atoms with van der Waals surface area (Å²) >= 11 is 0. The maximum absolute atomic E-state index is 4.60. The summed E-state index contributed by atoms with van der Waals surface area (Å²) in [5.74, 6) is 0. The summed E-state index contributed by atoms with van der Waals surface area (Å²) in [6.45, 7) is 4.15. The van der Waals surface area contributed by atoms with Crippen LogP contribution in [0.3, 0.4) is 0 Å². The molecule has 0 aliphatic carbocycles. The SMILES string of the molecule is Cc1cc2cc(-c3ccncc3)ccc2nc1C. The number of hydrogen-bond acceptors (Lipinski definition) is 2. The van der Waals surface area contributed by atoms with E-state index in [0.29, 0.717) is 0 Å². The standard InChI is InChI=1S/C16H14N2/c1-11-9-15-10-14(13-5-7-17-8-6-13)3-4-16(15)18-12(11)2/h3-10H,1-2H3. The topological polar surface area (TPSA) is 25.8 Å². The summed E-state index contributed by atoms with van der Waals surface area (Å²) in [6.07, 6.45) is 3.64. The van der Waals surface area contributed by atoms with Crippen LogP contribution >= 0.6 is 0 Å². The highest BCUT2D eigenvalue weighted by Crippen LogP contribution is 2.24. The lowest BCUT2D eigenvalue weighted by molar-refractivity contribution is 1.20. The van der Waals surface area contributed by atoms with Crippen molar-refractivity contribution in [1.82, 2.24) is 9.97 Å². The molecular weight excluding hydrogens is 220 g/mol.